The second kappa shape index (κ2) is 6.47. The summed E-state index contributed by atoms with van der Waals surface area (Å²) in [7, 11) is 1.96. The van der Waals surface area contributed by atoms with Crippen molar-refractivity contribution in [1.82, 2.24) is 20.0 Å². The zero-order valence-corrected chi connectivity index (χ0v) is 14.4. The van der Waals surface area contributed by atoms with Gasteiger partial charge in [0.15, 0.2) is 5.82 Å². The molecule has 1 N–H and O–H groups in total. The molecule has 0 fully saturated rings. The van der Waals surface area contributed by atoms with Gasteiger partial charge in [-0.1, -0.05) is 25.1 Å². The van der Waals surface area contributed by atoms with Crippen LogP contribution in [0.5, 0.6) is 0 Å². The van der Waals surface area contributed by atoms with Crippen molar-refractivity contribution in [3.05, 3.63) is 47.7 Å². The highest BCUT2D eigenvalue weighted by Gasteiger charge is 2.19. The summed E-state index contributed by atoms with van der Waals surface area (Å²) in [6, 6.07) is 7.30. The Morgan fingerprint density at radius 1 is 1.29 bits per heavy atom. The van der Waals surface area contributed by atoms with Gasteiger partial charge in [-0.25, -0.2) is 0 Å². The quantitative estimate of drug-likeness (QED) is 0.781. The van der Waals surface area contributed by atoms with Crippen LogP contribution in [0.1, 0.15) is 48.9 Å². The van der Waals surface area contributed by atoms with E-state index < -0.39 is 0 Å². The maximum absolute atomic E-state index is 12.6. The van der Waals surface area contributed by atoms with Crippen molar-refractivity contribution in [1.29, 1.82) is 0 Å². The van der Waals surface area contributed by atoms with Crippen molar-refractivity contribution < 1.29 is 9.32 Å². The molecule has 6 nitrogen and oxygen atoms in total. The molecule has 0 spiro atoms. The van der Waals surface area contributed by atoms with Crippen LogP contribution in [0.4, 0.5) is 0 Å². The fourth-order valence-corrected chi connectivity index (χ4v) is 2.73. The summed E-state index contributed by atoms with van der Waals surface area (Å²) in [6.07, 6.45) is 2.70. The van der Waals surface area contributed by atoms with Gasteiger partial charge in [-0.2, -0.15) is 4.98 Å². The van der Waals surface area contributed by atoms with E-state index >= 15 is 0 Å². The third-order valence-corrected chi connectivity index (χ3v) is 3.97. The smallest absolute Gasteiger partial charge is 0.252 e. The normalized spacial score (nSPS) is 12.7. The number of hydrogen-bond donors (Lipinski definition) is 1. The molecule has 1 amide bonds. The molecule has 2 aromatic heterocycles. The summed E-state index contributed by atoms with van der Waals surface area (Å²) >= 11 is 0. The maximum atomic E-state index is 12.6. The topological polar surface area (TPSA) is 73.0 Å². The molecule has 3 rings (SSSR count). The number of aromatic nitrogens is 3. The first-order chi connectivity index (χ1) is 11.5. The average Bonchev–Trinajstić information content (AvgIpc) is 3.14. The predicted molar refractivity (Wildman–Crippen MR) is 91.6 cm³/mol. The summed E-state index contributed by atoms with van der Waals surface area (Å²) in [4.78, 5) is 17.0. The van der Waals surface area contributed by atoms with Gasteiger partial charge < -0.3 is 14.4 Å². The molecule has 3 aromatic rings. The summed E-state index contributed by atoms with van der Waals surface area (Å²) in [5.74, 6) is 1.41. The number of fused-ring (bicyclic) bond motifs is 1. The maximum Gasteiger partial charge on any atom is 0.252 e. The first-order valence-electron chi connectivity index (χ1n) is 8.13. The lowest BCUT2D eigenvalue weighted by Crippen LogP contribution is -2.27. The molecular weight excluding hydrogens is 304 g/mol. The van der Waals surface area contributed by atoms with Crippen LogP contribution in [0, 0.1) is 5.92 Å². The van der Waals surface area contributed by atoms with E-state index in [1.165, 1.54) is 0 Å². The van der Waals surface area contributed by atoms with Crippen LogP contribution in [0.25, 0.3) is 10.9 Å². The van der Waals surface area contributed by atoms with E-state index in [1.54, 1.807) is 0 Å². The first kappa shape index (κ1) is 16.2. The fraction of sp³-hybridized carbons (Fsp3) is 0.389. The molecule has 1 aromatic carbocycles. The van der Waals surface area contributed by atoms with Crippen molar-refractivity contribution in [3.63, 3.8) is 0 Å². The predicted octanol–water partition coefficient (Wildman–Crippen LogP) is 3.25. The molecule has 24 heavy (non-hydrogen) atoms. The van der Waals surface area contributed by atoms with Gasteiger partial charge >= 0.3 is 0 Å². The van der Waals surface area contributed by atoms with E-state index in [0.29, 0.717) is 23.2 Å². The number of nitrogens with one attached hydrogen (secondary N) is 1. The van der Waals surface area contributed by atoms with E-state index in [9.17, 15) is 4.79 Å². The van der Waals surface area contributed by atoms with Gasteiger partial charge in [0.05, 0.1) is 0 Å². The number of carbonyl (C=O) groups excluding carboxylic acids is 1. The van der Waals surface area contributed by atoms with Gasteiger partial charge in [-0.05, 0) is 31.0 Å². The van der Waals surface area contributed by atoms with Crippen LogP contribution in [-0.4, -0.2) is 20.6 Å². The minimum absolute atomic E-state index is 0.150. The van der Waals surface area contributed by atoms with E-state index in [-0.39, 0.29) is 11.9 Å². The number of rotatable bonds is 5. The lowest BCUT2D eigenvalue weighted by Gasteiger charge is -2.10. The minimum atomic E-state index is -0.343. The highest BCUT2D eigenvalue weighted by atomic mass is 16.5. The Kier molecular flexibility index (Phi) is 4.38. The minimum Gasteiger partial charge on any atom is -0.351 e. The second-order valence-corrected chi connectivity index (χ2v) is 6.51. The molecular formula is C18H22N4O2. The largest absolute Gasteiger partial charge is 0.351 e. The highest BCUT2D eigenvalue weighted by Crippen LogP contribution is 2.20. The van der Waals surface area contributed by atoms with E-state index in [2.05, 4.69) is 29.3 Å². The van der Waals surface area contributed by atoms with Crippen molar-refractivity contribution in [2.24, 2.45) is 13.0 Å². The van der Waals surface area contributed by atoms with Gasteiger partial charge in [0.2, 0.25) is 5.89 Å². The molecule has 0 saturated carbocycles. The summed E-state index contributed by atoms with van der Waals surface area (Å²) < 4.78 is 7.27. The van der Waals surface area contributed by atoms with Gasteiger partial charge in [0, 0.05) is 36.1 Å². The van der Waals surface area contributed by atoms with Crippen molar-refractivity contribution in [2.45, 2.75) is 33.2 Å². The first-order valence-corrected chi connectivity index (χ1v) is 8.13. The molecule has 1 unspecified atom stereocenters. The van der Waals surface area contributed by atoms with Gasteiger partial charge in [0.25, 0.3) is 5.91 Å². The SMILES string of the molecule is CC(C)Cc1noc(C(C)NC(=O)c2cccc3c2ccn3C)n1. The van der Waals surface area contributed by atoms with Crippen LogP contribution in [0.15, 0.2) is 35.0 Å². The van der Waals surface area contributed by atoms with Crippen molar-refractivity contribution in [2.75, 3.05) is 0 Å². The number of carbonyl (C=O) groups is 1. The van der Waals surface area contributed by atoms with Crippen molar-refractivity contribution >= 4 is 16.8 Å². The molecule has 0 aliphatic rings. The lowest BCUT2D eigenvalue weighted by atomic mass is 10.1. The van der Waals surface area contributed by atoms with Crippen molar-refractivity contribution in [3.8, 4) is 0 Å². The average molecular weight is 326 g/mol. The summed E-state index contributed by atoms with van der Waals surface area (Å²) in [5, 5.41) is 7.83. The molecule has 0 bridgehead atoms. The van der Waals surface area contributed by atoms with Gasteiger partial charge in [-0.3, -0.25) is 4.79 Å². The molecule has 1 atom stereocenters. The molecule has 6 heteroatoms. The zero-order valence-electron chi connectivity index (χ0n) is 14.4. The molecule has 0 aliphatic heterocycles. The number of hydrogen-bond acceptors (Lipinski definition) is 4. The third-order valence-electron chi connectivity index (χ3n) is 3.97. The van der Waals surface area contributed by atoms with E-state index in [1.807, 2.05) is 49.0 Å². The van der Waals surface area contributed by atoms with Gasteiger partial charge in [-0.15, -0.1) is 0 Å². The Morgan fingerprint density at radius 3 is 2.83 bits per heavy atom. The molecule has 126 valence electrons. The van der Waals surface area contributed by atoms with Crippen LogP contribution < -0.4 is 5.32 Å². The number of benzene rings is 1. The fourth-order valence-electron chi connectivity index (χ4n) is 2.73. The highest BCUT2D eigenvalue weighted by molar-refractivity contribution is 6.06. The number of amides is 1. The summed E-state index contributed by atoms with van der Waals surface area (Å²) in [6.45, 7) is 6.04. The van der Waals surface area contributed by atoms with Crippen LogP contribution in [-0.2, 0) is 13.5 Å². The molecule has 2 heterocycles. The molecule has 0 aliphatic carbocycles. The van der Waals surface area contributed by atoms with Gasteiger partial charge in [0.1, 0.15) is 6.04 Å². The third kappa shape index (κ3) is 3.18. The van der Waals surface area contributed by atoms with E-state index in [0.717, 1.165) is 17.3 Å². The molecule has 0 saturated heterocycles. The Morgan fingerprint density at radius 2 is 2.08 bits per heavy atom. The Bertz CT molecular complexity index is 863. The molecule has 0 radical (unpaired) electrons. The Labute approximate surface area is 140 Å². The number of nitrogens with zero attached hydrogens (tertiary/aromatic N) is 3. The zero-order chi connectivity index (χ0) is 17.3. The Balaban J connectivity index is 1.77. The second-order valence-electron chi connectivity index (χ2n) is 6.51. The van der Waals surface area contributed by atoms with E-state index in [4.69, 9.17) is 4.52 Å². The monoisotopic (exact) mass is 326 g/mol. The standard InChI is InChI=1S/C18H22N4O2/c1-11(2)10-16-20-18(24-21-16)12(3)19-17(23)14-6-5-7-15-13(14)8-9-22(15)4/h5-9,11-12H,10H2,1-4H3,(H,19,23). The van der Waals surface area contributed by atoms with Crippen LogP contribution in [0.2, 0.25) is 0 Å². The summed E-state index contributed by atoms with van der Waals surface area (Å²) in [5.41, 5.74) is 1.66. The Hall–Kier alpha value is -2.63. The van der Waals surface area contributed by atoms with Crippen LogP contribution in [0.3, 0.4) is 0 Å². The van der Waals surface area contributed by atoms with Crippen LogP contribution >= 0.6 is 0 Å². The lowest BCUT2D eigenvalue weighted by molar-refractivity contribution is 0.0934. The number of aryl methyl sites for hydroxylation is 1.